The average molecular weight is 249 g/mol. The molecule has 3 nitrogen and oxygen atoms in total. The Morgan fingerprint density at radius 1 is 1.33 bits per heavy atom. The van der Waals surface area contributed by atoms with Gasteiger partial charge >= 0.3 is 0 Å². The van der Waals surface area contributed by atoms with Crippen molar-refractivity contribution in [3.8, 4) is 0 Å². The van der Waals surface area contributed by atoms with Gasteiger partial charge in [0.2, 0.25) is 0 Å². The number of aromatic nitrogens is 2. The highest BCUT2D eigenvalue weighted by Gasteiger charge is 2.26. The monoisotopic (exact) mass is 249 g/mol. The van der Waals surface area contributed by atoms with Gasteiger partial charge in [-0.3, -0.25) is 4.68 Å². The van der Waals surface area contributed by atoms with Crippen molar-refractivity contribution >= 4 is 0 Å². The van der Waals surface area contributed by atoms with Gasteiger partial charge in [0, 0.05) is 24.4 Å². The molecule has 1 aromatic rings. The minimum Gasteiger partial charge on any atom is -0.319 e. The second-order valence-electron chi connectivity index (χ2n) is 5.54. The van der Waals surface area contributed by atoms with E-state index in [1.165, 1.54) is 37.8 Å². The molecule has 1 N–H and O–H groups in total. The molecule has 1 aliphatic rings. The zero-order valence-corrected chi connectivity index (χ0v) is 11.9. The first-order valence-electron chi connectivity index (χ1n) is 7.53. The molecule has 1 heterocycles. The zero-order chi connectivity index (χ0) is 12.8. The van der Waals surface area contributed by atoms with E-state index in [0.717, 1.165) is 25.4 Å². The fourth-order valence-electron chi connectivity index (χ4n) is 3.34. The Balaban J connectivity index is 2.17. The first kappa shape index (κ1) is 13.6. The van der Waals surface area contributed by atoms with Crippen LogP contribution in [-0.4, -0.2) is 23.4 Å². The Hall–Kier alpha value is -0.830. The van der Waals surface area contributed by atoms with Crippen LogP contribution in [0.4, 0.5) is 0 Å². The summed E-state index contributed by atoms with van der Waals surface area (Å²) in [7, 11) is 2.07. The maximum Gasteiger partial charge on any atom is 0.0492 e. The van der Waals surface area contributed by atoms with Crippen LogP contribution in [0.5, 0.6) is 0 Å². The zero-order valence-electron chi connectivity index (χ0n) is 11.9. The SMILES string of the molecule is CCCn1nccc1C1CCCCCC1CNC. The number of nitrogens with one attached hydrogen (secondary N) is 1. The second kappa shape index (κ2) is 6.93. The van der Waals surface area contributed by atoms with Gasteiger partial charge in [-0.05, 0) is 44.8 Å². The molecular formula is C15H27N3. The lowest BCUT2D eigenvalue weighted by Crippen LogP contribution is -2.25. The fourth-order valence-corrected chi connectivity index (χ4v) is 3.34. The van der Waals surface area contributed by atoms with Crippen LogP contribution in [0.2, 0.25) is 0 Å². The van der Waals surface area contributed by atoms with Crippen LogP contribution in [0.1, 0.15) is 57.1 Å². The number of aryl methyl sites for hydroxylation is 1. The fraction of sp³-hybridized carbons (Fsp3) is 0.800. The summed E-state index contributed by atoms with van der Waals surface area (Å²) in [5.74, 6) is 1.49. The van der Waals surface area contributed by atoms with Gasteiger partial charge in [0.15, 0.2) is 0 Å². The molecule has 2 unspecified atom stereocenters. The van der Waals surface area contributed by atoms with Crippen molar-refractivity contribution in [1.82, 2.24) is 15.1 Å². The van der Waals surface area contributed by atoms with Gasteiger partial charge in [0.05, 0.1) is 0 Å². The van der Waals surface area contributed by atoms with E-state index in [1.807, 2.05) is 6.20 Å². The van der Waals surface area contributed by atoms with Crippen LogP contribution in [0.15, 0.2) is 12.3 Å². The van der Waals surface area contributed by atoms with Crippen LogP contribution in [0, 0.1) is 5.92 Å². The summed E-state index contributed by atoms with van der Waals surface area (Å²) >= 11 is 0. The predicted octanol–water partition coefficient (Wildman–Crippen LogP) is 3.18. The van der Waals surface area contributed by atoms with E-state index in [9.17, 15) is 0 Å². The largest absolute Gasteiger partial charge is 0.319 e. The summed E-state index contributed by atoms with van der Waals surface area (Å²) in [6, 6.07) is 2.24. The van der Waals surface area contributed by atoms with E-state index in [2.05, 4.69) is 35.1 Å². The van der Waals surface area contributed by atoms with Crippen LogP contribution in [-0.2, 0) is 6.54 Å². The highest BCUT2D eigenvalue weighted by molar-refractivity contribution is 5.10. The Labute approximate surface area is 111 Å². The predicted molar refractivity (Wildman–Crippen MR) is 75.8 cm³/mol. The van der Waals surface area contributed by atoms with Crippen molar-refractivity contribution in [3.05, 3.63) is 18.0 Å². The van der Waals surface area contributed by atoms with Crippen LogP contribution in [0.25, 0.3) is 0 Å². The molecule has 102 valence electrons. The van der Waals surface area contributed by atoms with Crippen LogP contribution in [0.3, 0.4) is 0 Å². The molecule has 1 saturated carbocycles. The molecule has 2 rings (SSSR count). The topological polar surface area (TPSA) is 29.9 Å². The van der Waals surface area contributed by atoms with Crippen molar-refractivity contribution in [1.29, 1.82) is 0 Å². The minimum absolute atomic E-state index is 0.703. The number of nitrogens with zero attached hydrogens (tertiary/aromatic N) is 2. The molecule has 0 bridgehead atoms. The first-order valence-corrected chi connectivity index (χ1v) is 7.53. The lowest BCUT2D eigenvalue weighted by Gasteiger charge is -2.25. The van der Waals surface area contributed by atoms with Gasteiger partial charge in [0.1, 0.15) is 0 Å². The summed E-state index contributed by atoms with van der Waals surface area (Å²) in [6.07, 6.45) is 10.0. The van der Waals surface area contributed by atoms with E-state index in [0.29, 0.717) is 5.92 Å². The van der Waals surface area contributed by atoms with Gasteiger partial charge in [0.25, 0.3) is 0 Å². The van der Waals surface area contributed by atoms with E-state index in [4.69, 9.17) is 0 Å². The van der Waals surface area contributed by atoms with Crippen LogP contribution >= 0.6 is 0 Å². The van der Waals surface area contributed by atoms with Crippen molar-refractivity contribution in [2.45, 2.75) is 57.9 Å². The molecule has 0 radical (unpaired) electrons. The maximum atomic E-state index is 4.50. The number of hydrogen-bond acceptors (Lipinski definition) is 2. The molecule has 1 aromatic heterocycles. The highest BCUT2D eigenvalue weighted by atomic mass is 15.3. The number of hydrogen-bond donors (Lipinski definition) is 1. The van der Waals surface area contributed by atoms with Crippen LogP contribution < -0.4 is 5.32 Å². The Kier molecular flexibility index (Phi) is 5.24. The third-order valence-corrected chi connectivity index (χ3v) is 4.19. The molecule has 0 amide bonds. The van der Waals surface area contributed by atoms with E-state index in [-0.39, 0.29) is 0 Å². The summed E-state index contributed by atoms with van der Waals surface area (Å²) in [6.45, 7) is 4.43. The Morgan fingerprint density at radius 2 is 2.17 bits per heavy atom. The standard InChI is InChI=1S/C15H27N3/c1-3-11-18-15(9-10-17-18)14-8-6-4-5-7-13(14)12-16-2/h9-10,13-14,16H,3-8,11-12H2,1-2H3. The van der Waals surface area contributed by atoms with Crippen molar-refractivity contribution in [3.63, 3.8) is 0 Å². The molecule has 3 heteroatoms. The maximum absolute atomic E-state index is 4.50. The van der Waals surface area contributed by atoms with Gasteiger partial charge < -0.3 is 5.32 Å². The first-order chi connectivity index (χ1) is 8.86. The third-order valence-electron chi connectivity index (χ3n) is 4.19. The minimum atomic E-state index is 0.703. The highest BCUT2D eigenvalue weighted by Crippen LogP contribution is 2.36. The van der Waals surface area contributed by atoms with Gasteiger partial charge in [-0.2, -0.15) is 5.10 Å². The second-order valence-corrected chi connectivity index (χ2v) is 5.54. The Morgan fingerprint density at radius 3 is 2.94 bits per heavy atom. The van der Waals surface area contributed by atoms with E-state index in [1.54, 1.807) is 0 Å². The van der Waals surface area contributed by atoms with Crippen molar-refractivity contribution in [2.24, 2.45) is 5.92 Å². The quantitative estimate of drug-likeness (QED) is 0.812. The molecule has 0 aromatic carbocycles. The summed E-state index contributed by atoms with van der Waals surface area (Å²) in [4.78, 5) is 0. The van der Waals surface area contributed by atoms with Crippen molar-refractivity contribution < 1.29 is 0 Å². The molecule has 0 saturated heterocycles. The van der Waals surface area contributed by atoms with Gasteiger partial charge in [-0.25, -0.2) is 0 Å². The summed E-state index contributed by atoms with van der Waals surface area (Å²) in [5, 5.41) is 7.88. The molecule has 0 spiro atoms. The molecular weight excluding hydrogens is 222 g/mol. The normalized spacial score (nSPS) is 25.0. The van der Waals surface area contributed by atoms with Gasteiger partial charge in [-0.15, -0.1) is 0 Å². The summed E-state index contributed by atoms with van der Waals surface area (Å²) in [5.41, 5.74) is 1.47. The molecule has 0 aliphatic heterocycles. The molecule has 2 atom stereocenters. The molecule has 1 fully saturated rings. The lowest BCUT2D eigenvalue weighted by molar-refractivity contribution is 0.364. The lowest BCUT2D eigenvalue weighted by atomic mass is 9.85. The smallest absolute Gasteiger partial charge is 0.0492 e. The average Bonchev–Trinajstić information content (AvgIpc) is 2.69. The van der Waals surface area contributed by atoms with Crippen molar-refractivity contribution in [2.75, 3.05) is 13.6 Å². The molecule has 18 heavy (non-hydrogen) atoms. The van der Waals surface area contributed by atoms with E-state index >= 15 is 0 Å². The van der Waals surface area contributed by atoms with E-state index < -0.39 is 0 Å². The van der Waals surface area contributed by atoms with Gasteiger partial charge in [-0.1, -0.05) is 26.2 Å². The number of rotatable bonds is 5. The molecule has 1 aliphatic carbocycles. The summed E-state index contributed by atoms with van der Waals surface area (Å²) < 4.78 is 2.23. The third kappa shape index (κ3) is 3.14. The Bertz CT molecular complexity index is 345.